The maximum Gasteiger partial charge on any atom is 0.0476 e. The van der Waals surface area contributed by atoms with Gasteiger partial charge in [-0.1, -0.05) is 105 Å². The smallest absolute Gasteiger partial charge is 0.0476 e. The highest BCUT2D eigenvalue weighted by Crippen LogP contribution is 2.61. The maximum absolute atomic E-state index is 2.48. The van der Waals surface area contributed by atoms with E-state index in [9.17, 15) is 0 Å². The molecule has 12 rings (SSSR count). The van der Waals surface area contributed by atoms with Crippen LogP contribution < -0.4 is 4.90 Å². The second-order valence-electron chi connectivity index (χ2n) is 16.8. The molecule has 7 aromatic rings. The lowest BCUT2D eigenvalue weighted by Gasteiger charge is -2.57. The zero-order valence-corrected chi connectivity index (χ0v) is 30.3. The Balaban J connectivity index is 0.979. The molecule has 0 atom stereocenters. The van der Waals surface area contributed by atoms with Gasteiger partial charge in [0.15, 0.2) is 0 Å². The van der Waals surface area contributed by atoms with Crippen molar-refractivity contribution in [2.45, 2.75) is 63.2 Å². The molecule has 5 aliphatic rings. The molecule has 5 aliphatic carbocycles. The van der Waals surface area contributed by atoms with Crippen LogP contribution in [-0.2, 0) is 10.8 Å². The highest BCUT2D eigenvalue weighted by atomic mass is 32.1. The van der Waals surface area contributed by atoms with Crippen LogP contribution in [0.5, 0.6) is 0 Å². The molecule has 4 saturated carbocycles. The third kappa shape index (κ3) is 4.58. The molecule has 0 amide bonds. The SMILES string of the molecule is CC1(C)c2ccccc2-c2ccc(N(c3ccc(-c4ccc(C56CC7CC(CC(C7)C5)C6)cc4)cc3)c3ccc4c(c3)sc3ccccc34)cc21. The van der Waals surface area contributed by atoms with Gasteiger partial charge in [0.05, 0.1) is 0 Å². The predicted octanol–water partition coefficient (Wildman–Crippen LogP) is 14.0. The highest BCUT2D eigenvalue weighted by molar-refractivity contribution is 7.25. The van der Waals surface area contributed by atoms with Crippen LogP contribution in [0, 0.1) is 17.8 Å². The van der Waals surface area contributed by atoms with Crippen LogP contribution in [0.25, 0.3) is 42.4 Å². The Hall–Kier alpha value is -4.66. The van der Waals surface area contributed by atoms with Crippen LogP contribution in [0.1, 0.15) is 69.1 Å². The molecule has 1 aromatic heterocycles. The van der Waals surface area contributed by atoms with E-state index in [-0.39, 0.29) is 5.41 Å². The summed E-state index contributed by atoms with van der Waals surface area (Å²) in [4.78, 5) is 2.46. The van der Waals surface area contributed by atoms with E-state index in [4.69, 9.17) is 0 Å². The van der Waals surface area contributed by atoms with E-state index >= 15 is 0 Å². The molecular weight excluding hydrogens is 635 g/mol. The van der Waals surface area contributed by atoms with Gasteiger partial charge >= 0.3 is 0 Å². The second-order valence-corrected chi connectivity index (χ2v) is 17.9. The minimum atomic E-state index is -0.0603. The first-order valence-corrected chi connectivity index (χ1v) is 19.9. The fraction of sp³-hybridized carbons (Fsp3) is 0.265. The number of thiophene rings is 1. The molecule has 0 spiro atoms. The molecule has 1 nitrogen and oxygen atoms in total. The van der Waals surface area contributed by atoms with Crippen LogP contribution in [0.4, 0.5) is 17.1 Å². The van der Waals surface area contributed by atoms with Crippen molar-refractivity contribution in [3.05, 3.63) is 150 Å². The average molecular weight is 678 g/mol. The van der Waals surface area contributed by atoms with Gasteiger partial charge in [-0.2, -0.15) is 0 Å². The van der Waals surface area contributed by atoms with Crippen LogP contribution in [-0.4, -0.2) is 0 Å². The second kappa shape index (κ2) is 10.9. The van der Waals surface area contributed by atoms with Crippen molar-refractivity contribution in [3.63, 3.8) is 0 Å². The molecule has 0 radical (unpaired) electrons. The van der Waals surface area contributed by atoms with Gasteiger partial charge in [-0.25, -0.2) is 0 Å². The Morgan fingerprint density at radius 1 is 0.510 bits per heavy atom. The summed E-state index contributed by atoms with van der Waals surface area (Å²) in [7, 11) is 0. The summed E-state index contributed by atoms with van der Waals surface area (Å²) < 4.78 is 2.66. The fourth-order valence-corrected chi connectivity index (χ4v) is 12.6. The number of anilines is 3. The number of fused-ring (bicyclic) bond motifs is 6. The summed E-state index contributed by atoms with van der Waals surface area (Å²) in [6, 6.07) is 50.9. The van der Waals surface area contributed by atoms with E-state index in [1.54, 1.807) is 5.56 Å². The molecule has 4 fully saturated rings. The summed E-state index contributed by atoms with van der Waals surface area (Å²) in [5.41, 5.74) is 13.7. The van der Waals surface area contributed by atoms with Crippen LogP contribution in [0.15, 0.2) is 133 Å². The predicted molar refractivity (Wildman–Crippen MR) is 217 cm³/mol. The summed E-state index contributed by atoms with van der Waals surface area (Å²) in [5, 5.41) is 2.67. The highest BCUT2D eigenvalue weighted by Gasteiger charge is 2.51. The fourth-order valence-electron chi connectivity index (χ4n) is 11.4. The van der Waals surface area contributed by atoms with Gasteiger partial charge in [0.1, 0.15) is 0 Å². The van der Waals surface area contributed by atoms with Crippen molar-refractivity contribution in [1.82, 2.24) is 0 Å². The Labute approximate surface area is 305 Å². The molecule has 0 aliphatic heterocycles. The van der Waals surface area contributed by atoms with Gasteiger partial charge in [0.25, 0.3) is 0 Å². The molecule has 250 valence electrons. The summed E-state index contributed by atoms with van der Waals surface area (Å²) in [5.74, 6) is 2.91. The van der Waals surface area contributed by atoms with E-state index in [0.717, 1.165) is 17.8 Å². The van der Waals surface area contributed by atoms with Crippen molar-refractivity contribution in [2.75, 3.05) is 4.90 Å². The molecule has 6 aromatic carbocycles. The molecule has 0 N–H and O–H groups in total. The van der Waals surface area contributed by atoms with E-state index in [0.29, 0.717) is 5.41 Å². The first kappa shape index (κ1) is 30.0. The van der Waals surface area contributed by atoms with Gasteiger partial charge in [-0.05, 0) is 143 Å². The summed E-state index contributed by atoms with van der Waals surface area (Å²) in [6.45, 7) is 4.75. The molecule has 0 unspecified atom stereocenters. The zero-order chi connectivity index (χ0) is 33.9. The van der Waals surface area contributed by atoms with Gasteiger partial charge in [0.2, 0.25) is 0 Å². The molecule has 1 heterocycles. The topological polar surface area (TPSA) is 3.24 Å². The normalized spacial score (nSPS) is 23.8. The molecule has 51 heavy (non-hydrogen) atoms. The average Bonchev–Trinajstić information content (AvgIpc) is 3.63. The largest absolute Gasteiger partial charge is 0.310 e. The summed E-state index contributed by atoms with van der Waals surface area (Å²) in [6.07, 6.45) is 8.74. The van der Waals surface area contributed by atoms with Gasteiger partial charge in [-0.3, -0.25) is 0 Å². The quantitative estimate of drug-likeness (QED) is 0.175. The zero-order valence-electron chi connectivity index (χ0n) is 29.5. The monoisotopic (exact) mass is 677 g/mol. The Morgan fingerprint density at radius 3 is 1.82 bits per heavy atom. The van der Waals surface area contributed by atoms with Crippen molar-refractivity contribution in [2.24, 2.45) is 17.8 Å². The number of nitrogens with zero attached hydrogens (tertiary/aromatic N) is 1. The van der Waals surface area contributed by atoms with Crippen molar-refractivity contribution >= 4 is 48.6 Å². The van der Waals surface area contributed by atoms with E-state index in [1.165, 1.54) is 109 Å². The molecule has 0 saturated heterocycles. The Morgan fingerprint density at radius 2 is 1.08 bits per heavy atom. The lowest BCUT2D eigenvalue weighted by Crippen LogP contribution is -2.48. The third-order valence-electron chi connectivity index (χ3n) is 13.4. The minimum Gasteiger partial charge on any atom is -0.310 e. The Kier molecular flexibility index (Phi) is 6.43. The summed E-state index contributed by atoms with van der Waals surface area (Å²) >= 11 is 1.89. The lowest BCUT2D eigenvalue weighted by atomic mass is 9.48. The first-order valence-electron chi connectivity index (χ1n) is 19.1. The minimum absolute atomic E-state index is 0.0603. The number of hydrogen-bond donors (Lipinski definition) is 0. The van der Waals surface area contributed by atoms with Gasteiger partial charge in [0, 0.05) is 42.6 Å². The Bertz CT molecular complexity index is 2440. The molecule has 2 heteroatoms. The van der Waals surface area contributed by atoms with E-state index in [1.807, 2.05) is 11.3 Å². The first-order chi connectivity index (χ1) is 24.9. The van der Waals surface area contributed by atoms with Crippen LogP contribution in [0.3, 0.4) is 0 Å². The third-order valence-corrected chi connectivity index (χ3v) is 14.6. The lowest BCUT2D eigenvalue weighted by molar-refractivity contribution is -0.00518. The molecular formula is C49H43NS. The maximum atomic E-state index is 2.48. The van der Waals surface area contributed by atoms with Crippen molar-refractivity contribution in [3.8, 4) is 22.3 Å². The van der Waals surface area contributed by atoms with E-state index < -0.39 is 0 Å². The van der Waals surface area contributed by atoms with Crippen LogP contribution in [0.2, 0.25) is 0 Å². The standard InChI is InChI=1S/C49H43NS/c1-48(2)44-9-5-3-7-40(44)41-21-19-38(26-45(41)48)50(39-20-22-43-42-8-4-6-10-46(42)51-47(43)27-39)37-17-13-35(14-18-37)34-11-15-36(16-12-34)49-28-31-23-32(29-49)25-33(24-31)30-49/h3-22,26-27,31-33H,23-25,28-30H2,1-2H3. The number of hydrogen-bond acceptors (Lipinski definition) is 2. The molecule has 4 bridgehead atoms. The number of benzene rings is 6. The van der Waals surface area contributed by atoms with Crippen molar-refractivity contribution < 1.29 is 0 Å². The van der Waals surface area contributed by atoms with Crippen molar-refractivity contribution in [1.29, 1.82) is 0 Å². The van der Waals surface area contributed by atoms with Crippen LogP contribution >= 0.6 is 11.3 Å². The number of rotatable bonds is 5. The van der Waals surface area contributed by atoms with Gasteiger partial charge < -0.3 is 4.90 Å². The van der Waals surface area contributed by atoms with Gasteiger partial charge in [-0.15, -0.1) is 11.3 Å². The van der Waals surface area contributed by atoms with E-state index in [2.05, 4.69) is 152 Å².